The topological polar surface area (TPSA) is 66.5 Å². The summed E-state index contributed by atoms with van der Waals surface area (Å²) in [6, 6.07) is 9.41. The number of hydrogen-bond donors (Lipinski definition) is 1. The first-order valence-electron chi connectivity index (χ1n) is 8.56. The molecule has 5 nitrogen and oxygen atoms in total. The van der Waals surface area contributed by atoms with Crippen molar-refractivity contribution in [2.24, 2.45) is 0 Å². The van der Waals surface area contributed by atoms with Gasteiger partial charge in [0, 0.05) is 23.0 Å². The zero-order valence-electron chi connectivity index (χ0n) is 14.2. The largest absolute Gasteiger partial charge is 0.354 e. The molecular formula is C18H21ClN2O3S2. The maximum Gasteiger partial charge on any atom is 0.243 e. The fraction of sp³-hybridized carbons (Fsp3) is 0.389. The third-order valence-electron chi connectivity index (χ3n) is 4.43. The molecule has 1 unspecified atom stereocenters. The Morgan fingerprint density at radius 2 is 2.00 bits per heavy atom. The number of piperidine rings is 1. The summed E-state index contributed by atoms with van der Waals surface area (Å²) in [6.45, 7) is 0.860. The van der Waals surface area contributed by atoms with Crippen LogP contribution in [0, 0.1) is 0 Å². The minimum atomic E-state index is -3.73. The highest BCUT2D eigenvalue weighted by Gasteiger charge is 2.37. The average Bonchev–Trinajstić information content (AvgIpc) is 3.15. The summed E-state index contributed by atoms with van der Waals surface area (Å²) in [6.07, 6.45) is 2.89. The molecule has 1 atom stereocenters. The van der Waals surface area contributed by atoms with E-state index in [2.05, 4.69) is 5.32 Å². The summed E-state index contributed by atoms with van der Waals surface area (Å²) in [5.41, 5.74) is 0. The van der Waals surface area contributed by atoms with Crippen molar-refractivity contribution in [2.45, 2.75) is 36.6 Å². The zero-order chi connectivity index (χ0) is 18.6. The van der Waals surface area contributed by atoms with Crippen molar-refractivity contribution < 1.29 is 13.2 Å². The van der Waals surface area contributed by atoms with E-state index >= 15 is 0 Å². The third kappa shape index (κ3) is 4.46. The van der Waals surface area contributed by atoms with Crippen molar-refractivity contribution in [1.29, 1.82) is 0 Å². The molecule has 1 aliphatic rings. The highest BCUT2D eigenvalue weighted by Crippen LogP contribution is 2.26. The van der Waals surface area contributed by atoms with Crippen LogP contribution in [-0.2, 0) is 21.2 Å². The van der Waals surface area contributed by atoms with E-state index in [9.17, 15) is 13.2 Å². The van der Waals surface area contributed by atoms with E-state index in [0.717, 1.165) is 19.3 Å². The summed E-state index contributed by atoms with van der Waals surface area (Å²) in [7, 11) is -3.73. The Labute approximate surface area is 163 Å². The summed E-state index contributed by atoms with van der Waals surface area (Å²) in [5.74, 6) is -0.223. The minimum absolute atomic E-state index is 0.167. The van der Waals surface area contributed by atoms with Crippen LogP contribution in [0.4, 0.5) is 0 Å². The molecule has 0 spiro atoms. The molecule has 2 heterocycles. The number of carbonyl (C=O) groups is 1. The van der Waals surface area contributed by atoms with Gasteiger partial charge in [0.25, 0.3) is 0 Å². The van der Waals surface area contributed by atoms with Crippen molar-refractivity contribution in [3.8, 4) is 0 Å². The number of halogens is 1. The monoisotopic (exact) mass is 412 g/mol. The fourth-order valence-electron chi connectivity index (χ4n) is 3.08. The highest BCUT2D eigenvalue weighted by molar-refractivity contribution is 7.89. The van der Waals surface area contributed by atoms with Gasteiger partial charge in [-0.2, -0.15) is 4.31 Å². The van der Waals surface area contributed by atoms with Crippen molar-refractivity contribution in [1.82, 2.24) is 9.62 Å². The number of benzene rings is 1. The Bertz CT molecular complexity index is 836. The van der Waals surface area contributed by atoms with Crippen LogP contribution in [-0.4, -0.2) is 37.8 Å². The Kier molecular flexibility index (Phi) is 6.34. The lowest BCUT2D eigenvalue weighted by Gasteiger charge is -2.33. The number of hydrogen-bond acceptors (Lipinski definition) is 4. The van der Waals surface area contributed by atoms with Gasteiger partial charge in [0.05, 0.1) is 4.90 Å². The molecule has 8 heteroatoms. The van der Waals surface area contributed by atoms with Crippen LogP contribution in [0.5, 0.6) is 0 Å². The number of sulfonamides is 1. The zero-order valence-corrected chi connectivity index (χ0v) is 16.6. The highest BCUT2D eigenvalue weighted by atomic mass is 35.5. The van der Waals surface area contributed by atoms with Crippen LogP contribution in [0.1, 0.15) is 24.1 Å². The molecule has 1 N–H and O–H groups in total. The van der Waals surface area contributed by atoms with Crippen molar-refractivity contribution in [3.63, 3.8) is 0 Å². The molecule has 0 radical (unpaired) electrons. The van der Waals surface area contributed by atoms with Crippen LogP contribution < -0.4 is 5.32 Å². The van der Waals surface area contributed by atoms with Gasteiger partial charge in [-0.1, -0.05) is 24.1 Å². The quantitative estimate of drug-likeness (QED) is 0.791. The van der Waals surface area contributed by atoms with Gasteiger partial charge in [-0.3, -0.25) is 4.79 Å². The fourth-order valence-corrected chi connectivity index (χ4v) is 5.57. The number of thiophene rings is 1. The second-order valence-corrected chi connectivity index (χ2v) is 9.56. The van der Waals surface area contributed by atoms with E-state index in [0.29, 0.717) is 24.5 Å². The summed E-state index contributed by atoms with van der Waals surface area (Å²) >= 11 is 7.50. The number of rotatable bonds is 6. The molecule has 3 rings (SSSR count). The Morgan fingerprint density at radius 1 is 1.23 bits per heavy atom. The van der Waals surface area contributed by atoms with Gasteiger partial charge in [-0.25, -0.2) is 8.42 Å². The van der Waals surface area contributed by atoms with E-state index in [1.54, 1.807) is 23.5 Å². The first-order valence-corrected chi connectivity index (χ1v) is 11.3. The minimum Gasteiger partial charge on any atom is -0.354 e. The van der Waals surface area contributed by atoms with Crippen molar-refractivity contribution >= 4 is 38.9 Å². The summed E-state index contributed by atoms with van der Waals surface area (Å²) in [5, 5.41) is 5.37. The lowest BCUT2D eigenvalue weighted by Crippen LogP contribution is -2.52. The van der Waals surface area contributed by atoms with E-state index in [1.165, 1.54) is 21.3 Å². The van der Waals surface area contributed by atoms with Gasteiger partial charge in [-0.15, -0.1) is 11.3 Å². The van der Waals surface area contributed by atoms with E-state index < -0.39 is 16.1 Å². The first kappa shape index (κ1) is 19.4. The lowest BCUT2D eigenvalue weighted by molar-refractivity contribution is -0.125. The normalized spacial score (nSPS) is 18.6. The standard InChI is InChI=1S/C18H21ClN2O3S2/c19-14-6-8-16(9-7-14)26(23,24)21-12-2-1-5-17(21)18(22)20-11-10-15-4-3-13-25-15/h3-4,6-9,13,17H,1-2,5,10-12H2,(H,20,22). The van der Waals surface area contributed by atoms with Crippen LogP contribution in [0.25, 0.3) is 0 Å². The molecule has 140 valence electrons. The molecule has 0 aliphatic carbocycles. The van der Waals surface area contributed by atoms with Gasteiger partial charge < -0.3 is 5.32 Å². The molecule has 1 fully saturated rings. The Balaban J connectivity index is 1.70. The van der Waals surface area contributed by atoms with E-state index in [-0.39, 0.29) is 10.8 Å². The summed E-state index contributed by atoms with van der Waals surface area (Å²) < 4.78 is 27.3. The molecule has 1 amide bonds. The number of nitrogens with zero attached hydrogens (tertiary/aromatic N) is 1. The molecule has 1 saturated heterocycles. The first-order chi connectivity index (χ1) is 12.5. The second kappa shape index (κ2) is 8.52. The number of carbonyl (C=O) groups excluding carboxylic acids is 1. The lowest BCUT2D eigenvalue weighted by atomic mass is 10.0. The van der Waals surface area contributed by atoms with Gasteiger partial charge in [-0.05, 0) is 55.0 Å². The molecule has 1 aromatic heterocycles. The maximum absolute atomic E-state index is 13.0. The van der Waals surface area contributed by atoms with Crippen LogP contribution >= 0.6 is 22.9 Å². The van der Waals surface area contributed by atoms with Gasteiger partial charge in [0.2, 0.25) is 15.9 Å². The molecule has 1 aromatic carbocycles. The Morgan fingerprint density at radius 3 is 2.69 bits per heavy atom. The van der Waals surface area contributed by atoms with Gasteiger partial charge in [0.15, 0.2) is 0 Å². The predicted octanol–water partition coefficient (Wildman–Crippen LogP) is 3.30. The van der Waals surface area contributed by atoms with Gasteiger partial charge in [0.1, 0.15) is 6.04 Å². The Hall–Kier alpha value is -1.41. The van der Waals surface area contributed by atoms with E-state index in [1.807, 2.05) is 17.5 Å². The summed E-state index contributed by atoms with van der Waals surface area (Å²) in [4.78, 5) is 14.0. The molecule has 2 aromatic rings. The third-order valence-corrected chi connectivity index (χ3v) is 7.54. The second-order valence-electron chi connectivity index (χ2n) is 6.20. The molecule has 26 heavy (non-hydrogen) atoms. The number of nitrogens with one attached hydrogen (secondary N) is 1. The van der Waals surface area contributed by atoms with Gasteiger partial charge >= 0.3 is 0 Å². The molecular weight excluding hydrogens is 392 g/mol. The number of amides is 1. The van der Waals surface area contributed by atoms with E-state index in [4.69, 9.17) is 11.6 Å². The predicted molar refractivity (Wildman–Crippen MR) is 104 cm³/mol. The van der Waals surface area contributed by atoms with Crippen LogP contribution in [0.2, 0.25) is 5.02 Å². The van der Waals surface area contributed by atoms with Crippen molar-refractivity contribution in [2.75, 3.05) is 13.1 Å². The molecule has 0 bridgehead atoms. The van der Waals surface area contributed by atoms with Crippen LogP contribution in [0.15, 0.2) is 46.7 Å². The maximum atomic E-state index is 13.0. The van der Waals surface area contributed by atoms with Crippen molar-refractivity contribution in [3.05, 3.63) is 51.7 Å². The smallest absolute Gasteiger partial charge is 0.243 e. The SMILES string of the molecule is O=C(NCCc1cccs1)C1CCCCN1S(=O)(=O)c1ccc(Cl)cc1. The molecule has 0 saturated carbocycles. The molecule has 1 aliphatic heterocycles. The average molecular weight is 413 g/mol. The van der Waals surface area contributed by atoms with Crippen LogP contribution in [0.3, 0.4) is 0 Å².